The molecular formula is C18H32N2O. The first-order chi connectivity index (χ1) is 10.3. The highest BCUT2D eigenvalue weighted by molar-refractivity contribution is 6.01. The van der Waals surface area contributed by atoms with Gasteiger partial charge in [0, 0.05) is 6.04 Å². The lowest BCUT2D eigenvalue weighted by Crippen LogP contribution is -2.39. The van der Waals surface area contributed by atoms with Crippen LogP contribution < -0.4 is 0 Å². The van der Waals surface area contributed by atoms with Gasteiger partial charge in [-0.05, 0) is 70.0 Å². The molecule has 0 spiro atoms. The van der Waals surface area contributed by atoms with E-state index in [0.29, 0.717) is 0 Å². The van der Waals surface area contributed by atoms with Crippen molar-refractivity contribution < 1.29 is 5.21 Å². The number of allylic oxidation sites excluding steroid dienone is 1. The van der Waals surface area contributed by atoms with Gasteiger partial charge in [0.05, 0.1) is 5.71 Å². The molecule has 2 aliphatic carbocycles. The molecule has 0 radical (unpaired) electrons. The smallest absolute Gasteiger partial charge is 0.0827 e. The van der Waals surface area contributed by atoms with Crippen LogP contribution in [0, 0.1) is 0 Å². The molecule has 0 saturated heterocycles. The summed E-state index contributed by atoms with van der Waals surface area (Å²) >= 11 is 0. The van der Waals surface area contributed by atoms with Gasteiger partial charge in [-0.15, -0.1) is 0 Å². The topological polar surface area (TPSA) is 35.8 Å². The van der Waals surface area contributed by atoms with E-state index >= 15 is 0 Å². The summed E-state index contributed by atoms with van der Waals surface area (Å²) in [5.74, 6) is 0. The van der Waals surface area contributed by atoms with Crippen molar-refractivity contribution in [3.63, 3.8) is 0 Å². The van der Waals surface area contributed by atoms with Crippen molar-refractivity contribution in [2.45, 2.75) is 84.1 Å². The predicted molar refractivity (Wildman–Crippen MR) is 89.1 cm³/mol. The van der Waals surface area contributed by atoms with Gasteiger partial charge < -0.3 is 10.1 Å². The molecule has 0 amide bonds. The van der Waals surface area contributed by atoms with Gasteiger partial charge in [-0.1, -0.05) is 37.4 Å². The summed E-state index contributed by atoms with van der Waals surface area (Å²) in [5.41, 5.74) is 3.96. The Hall–Kier alpha value is -0.830. The molecule has 2 aliphatic rings. The number of unbranched alkanes of at least 4 members (excludes halogenated alkanes) is 2. The Balaban J connectivity index is 2.02. The largest absolute Gasteiger partial charge is 0.411 e. The molecule has 0 aromatic heterocycles. The highest BCUT2D eigenvalue weighted by atomic mass is 16.4. The molecule has 0 aliphatic heterocycles. The van der Waals surface area contributed by atoms with E-state index in [2.05, 4.69) is 23.9 Å². The maximum Gasteiger partial charge on any atom is 0.0827 e. The fourth-order valence-electron chi connectivity index (χ4n) is 3.84. The van der Waals surface area contributed by atoms with Crippen molar-refractivity contribution in [1.82, 2.24) is 4.90 Å². The molecule has 1 N–H and O–H groups in total. The van der Waals surface area contributed by atoms with E-state index in [1.54, 1.807) is 5.57 Å². The van der Waals surface area contributed by atoms with E-state index < -0.39 is 0 Å². The monoisotopic (exact) mass is 292 g/mol. The fraction of sp³-hybridized carbons (Fsp3) is 0.833. The number of rotatable bonds is 7. The molecule has 3 nitrogen and oxygen atoms in total. The van der Waals surface area contributed by atoms with Gasteiger partial charge in [-0.3, -0.25) is 0 Å². The summed E-state index contributed by atoms with van der Waals surface area (Å²) in [6, 6.07) is 0.722. The lowest BCUT2D eigenvalue weighted by Gasteiger charge is -2.38. The second-order valence-electron chi connectivity index (χ2n) is 6.62. The van der Waals surface area contributed by atoms with Crippen molar-refractivity contribution in [3.05, 3.63) is 11.1 Å². The molecule has 0 aromatic carbocycles. The van der Waals surface area contributed by atoms with Crippen molar-refractivity contribution in [2.24, 2.45) is 5.16 Å². The van der Waals surface area contributed by atoms with Crippen LogP contribution in [0.5, 0.6) is 0 Å². The highest BCUT2D eigenvalue weighted by Gasteiger charge is 2.29. The standard InChI is InChI=1S/C18H32N2O/c1-3-5-12-20(13-6-4-2)16-10-11-17-15(14-16)8-7-9-18(17)19-21/h16,21H,3-14H2,1-2H3/b19-18+. The first-order valence-corrected chi connectivity index (χ1v) is 8.96. The number of hydrogen-bond acceptors (Lipinski definition) is 3. The molecule has 2 rings (SSSR count). The third kappa shape index (κ3) is 4.32. The van der Waals surface area contributed by atoms with Gasteiger partial charge in [0.25, 0.3) is 0 Å². The lowest BCUT2D eigenvalue weighted by molar-refractivity contribution is 0.173. The molecular weight excluding hydrogens is 260 g/mol. The summed E-state index contributed by atoms with van der Waals surface area (Å²) in [7, 11) is 0. The van der Waals surface area contributed by atoms with Crippen molar-refractivity contribution in [1.29, 1.82) is 0 Å². The lowest BCUT2D eigenvalue weighted by atomic mass is 9.78. The van der Waals surface area contributed by atoms with Gasteiger partial charge >= 0.3 is 0 Å². The van der Waals surface area contributed by atoms with Crippen LogP contribution in [0.4, 0.5) is 0 Å². The molecule has 0 saturated carbocycles. The van der Waals surface area contributed by atoms with E-state index in [4.69, 9.17) is 0 Å². The quantitative estimate of drug-likeness (QED) is 0.543. The molecule has 0 fully saturated rings. The molecule has 0 bridgehead atoms. The Morgan fingerprint density at radius 1 is 1.10 bits per heavy atom. The summed E-state index contributed by atoms with van der Waals surface area (Å²) in [6.07, 6.45) is 12.1. The number of hydrogen-bond donors (Lipinski definition) is 1. The van der Waals surface area contributed by atoms with Crippen molar-refractivity contribution >= 4 is 5.71 Å². The Kier molecular flexibility index (Phi) is 6.75. The highest BCUT2D eigenvalue weighted by Crippen LogP contribution is 2.36. The van der Waals surface area contributed by atoms with Gasteiger partial charge in [-0.25, -0.2) is 0 Å². The Bertz CT molecular complexity index is 379. The Labute approximate surface area is 130 Å². The maximum absolute atomic E-state index is 9.18. The van der Waals surface area contributed by atoms with Gasteiger partial charge in [0.1, 0.15) is 0 Å². The van der Waals surface area contributed by atoms with E-state index in [1.165, 1.54) is 63.6 Å². The van der Waals surface area contributed by atoms with E-state index in [-0.39, 0.29) is 0 Å². The van der Waals surface area contributed by atoms with Crippen LogP contribution in [0.15, 0.2) is 16.3 Å². The summed E-state index contributed by atoms with van der Waals surface area (Å²) in [6.45, 7) is 7.07. The second kappa shape index (κ2) is 8.57. The third-order valence-electron chi connectivity index (χ3n) is 5.11. The maximum atomic E-state index is 9.18. The molecule has 0 aromatic rings. The molecule has 120 valence electrons. The van der Waals surface area contributed by atoms with Crippen LogP contribution >= 0.6 is 0 Å². The number of oxime groups is 1. The first kappa shape index (κ1) is 16.5. The molecule has 1 atom stereocenters. The molecule has 0 heterocycles. The SMILES string of the molecule is CCCCN(CCCC)C1CCC2=C(CCC/C2=N\O)C1. The van der Waals surface area contributed by atoms with Crippen LogP contribution in [0.2, 0.25) is 0 Å². The van der Waals surface area contributed by atoms with Crippen LogP contribution in [0.3, 0.4) is 0 Å². The van der Waals surface area contributed by atoms with E-state index in [1.807, 2.05) is 0 Å². The summed E-state index contributed by atoms with van der Waals surface area (Å²) < 4.78 is 0. The first-order valence-electron chi connectivity index (χ1n) is 8.96. The minimum absolute atomic E-state index is 0.722. The zero-order valence-electron chi connectivity index (χ0n) is 13.9. The van der Waals surface area contributed by atoms with Gasteiger partial charge in [0.2, 0.25) is 0 Å². The average molecular weight is 292 g/mol. The van der Waals surface area contributed by atoms with Crippen LogP contribution in [-0.2, 0) is 0 Å². The van der Waals surface area contributed by atoms with E-state index in [0.717, 1.165) is 31.0 Å². The van der Waals surface area contributed by atoms with Crippen LogP contribution in [-0.4, -0.2) is 35.0 Å². The number of nitrogens with zero attached hydrogens (tertiary/aromatic N) is 2. The minimum atomic E-state index is 0.722. The zero-order chi connectivity index (χ0) is 15.1. The predicted octanol–water partition coefficient (Wildman–Crippen LogP) is 4.75. The van der Waals surface area contributed by atoms with Crippen molar-refractivity contribution in [2.75, 3.05) is 13.1 Å². The summed E-state index contributed by atoms with van der Waals surface area (Å²) in [5, 5.41) is 12.7. The fourth-order valence-corrected chi connectivity index (χ4v) is 3.84. The molecule has 1 unspecified atom stereocenters. The van der Waals surface area contributed by atoms with Crippen LogP contribution in [0.25, 0.3) is 0 Å². The van der Waals surface area contributed by atoms with Gasteiger partial charge in [-0.2, -0.15) is 0 Å². The average Bonchev–Trinajstić information content (AvgIpc) is 2.54. The van der Waals surface area contributed by atoms with Gasteiger partial charge in [0.15, 0.2) is 0 Å². The second-order valence-corrected chi connectivity index (χ2v) is 6.62. The summed E-state index contributed by atoms with van der Waals surface area (Å²) in [4.78, 5) is 2.74. The zero-order valence-corrected chi connectivity index (χ0v) is 13.9. The van der Waals surface area contributed by atoms with Crippen LogP contribution in [0.1, 0.15) is 78.1 Å². The Morgan fingerprint density at radius 2 is 1.81 bits per heavy atom. The normalized spacial score (nSPS) is 24.7. The molecule has 3 heteroatoms. The van der Waals surface area contributed by atoms with Crippen molar-refractivity contribution in [3.8, 4) is 0 Å². The third-order valence-corrected chi connectivity index (χ3v) is 5.11. The van der Waals surface area contributed by atoms with E-state index in [9.17, 15) is 5.21 Å². The minimum Gasteiger partial charge on any atom is -0.411 e. The Morgan fingerprint density at radius 3 is 2.43 bits per heavy atom. The molecule has 21 heavy (non-hydrogen) atoms.